The molecule has 3 aliphatic rings. The van der Waals surface area contributed by atoms with E-state index in [2.05, 4.69) is 102 Å². The van der Waals surface area contributed by atoms with Gasteiger partial charge in [0.25, 0.3) is 5.88 Å². The van der Waals surface area contributed by atoms with Crippen molar-refractivity contribution in [2.75, 3.05) is 17.2 Å². The van der Waals surface area contributed by atoms with E-state index in [-0.39, 0.29) is 7.43 Å². The number of hydrogen-bond acceptors (Lipinski definition) is 13. The number of benzene rings is 3. The molecule has 12 rings (SSSR count). The number of aromatic nitrogens is 12. The van der Waals surface area contributed by atoms with Gasteiger partial charge in [0.05, 0.1) is 40.3 Å². The number of nitrogens with two attached hydrogens (primary N) is 3. The molecule has 6 aromatic heterocycles. The molecule has 6 N–H and O–H groups in total. The van der Waals surface area contributed by atoms with E-state index in [9.17, 15) is 0 Å². The molecule has 0 spiro atoms. The van der Waals surface area contributed by atoms with E-state index >= 15 is 0 Å². The van der Waals surface area contributed by atoms with E-state index in [1.54, 1.807) is 0 Å². The third kappa shape index (κ3) is 9.01. The number of rotatable bonds is 9. The third-order valence-electron chi connectivity index (χ3n) is 12.0. The van der Waals surface area contributed by atoms with Gasteiger partial charge in [-0.25, -0.2) is 43.9 Å². The monoisotopic (exact) mass is 869 g/mol. The van der Waals surface area contributed by atoms with E-state index in [0.717, 1.165) is 76.1 Å². The van der Waals surface area contributed by atoms with Crippen LogP contribution in [0.25, 0.3) is 33.1 Å². The smallest absolute Gasteiger partial charge is 0.251 e. The summed E-state index contributed by atoms with van der Waals surface area (Å²) in [4.78, 5) is 25.5. The van der Waals surface area contributed by atoms with Gasteiger partial charge in [-0.2, -0.15) is 10.2 Å². The minimum Gasteiger partial charge on any atom is -0.437 e. The van der Waals surface area contributed by atoms with Crippen LogP contribution in [0.15, 0.2) is 91.8 Å². The molecule has 0 saturated heterocycles. The van der Waals surface area contributed by atoms with Crippen molar-refractivity contribution in [2.24, 2.45) is 0 Å². The number of hydrogen-bond donors (Lipinski definition) is 3. The summed E-state index contributed by atoms with van der Waals surface area (Å²) in [6.45, 7) is 6.22. The van der Waals surface area contributed by atoms with Gasteiger partial charge in [0.15, 0.2) is 16.9 Å². The highest BCUT2D eigenvalue weighted by molar-refractivity contribution is 5.91. The molecular weight excluding hydrogens is 815 g/mol. The Morgan fingerprint density at radius 1 is 0.508 bits per heavy atom. The lowest BCUT2D eigenvalue weighted by Gasteiger charge is -2.25. The van der Waals surface area contributed by atoms with Gasteiger partial charge in [0.1, 0.15) is 47.6 Å². The van der Waals surface area contributed by atoms with Gasteiger partial charge in [-0.3, -0.25) is 0 Å². The number of aryl methyl sites for hydroxylation is 3. The highest BCUT2D eigenvalue weighted by Gasteiger charge is 2.31. The summed E-state index contributed by atoms with van der Waals surface area (Å²) >= 11 is 0. The number of fused-ring (bicyclic) bond motifs is 3. The fourth-order valence-corrected chi connectivity index (χ4v) is 8.27. The van der Waals surface area contributed by atoms with Gasteiger partial charge in [-0.05, 0) is 94.5 Å². The van der Waals surface area contributed by atoms with Crippen molar-refractivity contribution in [3.05, 3.63) is 131 Å². The number of nitrogen functional groups attached to an aromatic ring is 3. The lowest BCUT2D eigenvalue weighted by atomic mass is 9.93. The highest BCUT2D eigenvalue weighted by Crippen LogP contribution is 2.41. The van der Waals surface area contributed by atoms with Crippen molar-refractivity contribution in [1.29, 1.82) is 0 Å². The molecule has 0 aliphatic heterocycles. The van der Waals surface area contributed by atoms with Crippen molar-refractivity contribution < 1.29 is 4.74 Å². The number of ether oxygens (including phenoxy) is 1. The highest BCUT2D eigenvalue weighted by atomic mass is 16.5. The normalized spacial score (nSPS) is 14.6. The molecule has 65 heavy (non-hydrogen) atoms. The lowest BCUT2D eigenvalue weighted by Crippen LogP contribution is -2.18. The van der Waals surface area contributed by atoms with Crippen LogP contribution in [-0.4, -0.2) is 59.2 Å². The molecule has 3 saturated carbocycles. The van der Waals surface area contributed by atoms with E-state index in [1.807, 2.05) is 40.6 Å². The summed E-state index contributed by atoms with van der Waals surface area (Å²) in [5.41, 5.74) is 28.7. The molecule has 3 aromatic carbocycles. The molecule has 3 fully saturated rings. The van der Waals surface area contributed by atoms with Crippen molar-refractivity contribution in [2.45, 2.75) is 104 Å². The Balaban J connectivity index is 0.000000122. The maximum absolute atomic E-state index is 6.11. The van der Waals surface area contributed by atoms with Gasteiger partial charge in [0.2, 0.25) is 0 Å². The quantitative estimate of drug-likeness (QED) is 0.123. The Morgan fingerprint density at radius 3 is 1.35 bits per heavy atom. The van der Waals surface area contributed by atoms with Crippen molar-refractivity contribution >= 4 is 50.6 Å². The fourth-order valence-electron chi connectivity index (χ4n) is 8.27. The molecule has 9 aromatic rings. The molecule has 332 valence electrons. The Hall–Kier alpha value is -7.49. The molecule has 0 radical (unpaired) electrons. The van der Waals surface area contributed by atoms with Crippen molar-refractivity contribution in [1.82, 2.24) is 59.2 Å². The average molecular weight is 870 g/mol. The Bertz CT molecular complexity index is 3000. The Labute approximate surface area is 377 Å². The zero-order valence-electron chi connectivity index (χ0n) is 36.3. The zero-order valence-corrected chi connectivity index (χ0v) is 36.3. The second-order valence-corrected chi connectivity index (χ2v) is 17.2. The van der Waals surface area contributed by atoms with Crippen LogP contribution in [-0.2, 0) is 12.8 Å². The van der Waals surface area contributed by atoms with Crippen LogP contribution in [0.2, 0.25) is 0 Å². The van der Waals surface area contributed by atoms with Crippen LogP contribution in [0.5, 0.6) is 11.6 Å². The summed E-state index contributed by atoms with van der Waals surface area (Å²) in [5, 5.41) is 16.7. The SMILES string of the molecule is C.Cc1cccc(Cc2nn(C3CC3)c3ncnc(N)c23)c1.Cc1cccc(Cc2nn(C3CCC3)c3ncnc(N)c23)c1.Cc1cccc(Oc2nn(C3CC3)c3ncnc(N)c23)c1. The summed E-state index contributed by atoms with van der Waals surface area (Å²) in [6, 6.07) is 26.1. The van der Waals surface area contributed by atoms with E-state index in [4.69, 9.17) is 32.1 Å². The molecule has 0 amide bonds. The molecule has 16 heteroatoms. The molecule has 0 atom stereocenters. The maximum atomic E-state index is 6.11. The van der Waals surface area contributed by atoms with Crippen LogP contribution < -0.4 is 21.9 Å². The van der Waals surface area contributed by atoms with Gasteiger partial charge < -0.3 is 21.9 Å². The van der Waals surface area contributed by atoms with Crippen molar-refractivity contribution in [3.63, 3.8) is 0 Å². The Morgan fingerprint density at radius 2 is 0.923 bits per heavy atom. The third-order valence-corrected chi connectivity index (χ3v) is 12.0. The predicted molar refractivity (Wildman–Crippen MR) is 255 cm³/mol. The summed E-state index contributed by atoms with van der Waals surface area (Å²) in [6.07, 6.45) is 14.2. The van der Waals surface area contributed by atoms with Crippen LogP contribution >= 0.6 is 0 Å². The standard InChI is InChI=1S/C17H19N5.C16H17N5.C15H15N5O.CH4/c1-11-4-2-5-12(8-11)9-14-15-16(18)19-10-20-17(15)22(21-14)13-6-3-7-13;1-10-3-2-4-11(7-10)8-13-14-15(17)18-9-19-16(14)21(20-13)12-5-6-12;1-9-3-2-4-11(7-9)21-15-12-13(16)17-8-18-14(12)20(19-15)10-5-6-10;/h2,4-5,8,10,13H,3,6-7,9H2,1H3,(H2,18,19,20);2-4,7,9,12H,5-6,8H2,1H3,(H2,17,18,19);2-4,7-8,10H,5-6H2,1H3,(H2,16,17,18);1H4. The van der Waals surface area contributed by atoms with Crippen LogP contribution in [0.3, 0.4) is 0 Å². The first-order valence-corrected chi connectivity index (χ1v) is 22.0. The predicted octanol–water partition coefficient (Wildman–Crippen LogP) is 9.16. The van der Waals surface area contributed by atoms with Gasteiger partial charge in [0, 0.05) is 12.8 Å². The molecule has 3 aliphatic carbocycles. The van der Waals surface area contributed by atoms with Gasteiger partial charge in [-0.1, -0.05) is 79.2 Å². The average Bonchev–Trinajstić information content (AvgIpc) is 4.19. The van der Waals surface area contributed by atoms with E-state index in [0.29, 0.717) is 46.8 Å². The second-order valence-electron chi connectivity index (χ2n) is 17.2. The first kappa shape index (κ1) is 42.8. The summed E-state index contributed by atoms with van der Waals surface area (Å²) in [7, 11) is 0. The van der Waals surface area contributed by atoms with Crippen LogP contribution in [0.1, 0.15) is 110 Å². The first-order valence-electron chi connectivity index (χ1n) is 22.0. The summed E-state index contributed by atoms with van der Waals surface area (Å²) < 4.78 is 11.9. The number of anilines is 3. The molecular formula is C49H55N15O. The van der Waals surface area contributed by atoms with Crippen molar-refractivity contribution in [3.8, 4) is 11.6 Å². The largest absolute Gasteiger partial charge is 0.437 e. The maximum Gasteiger partial charge on any atom is 0.251 e. The zero-order chi connectivity index (χ0) is 43.9. The van der Waals surface area contributed by atoms with Crippen LogP contribution in [0.4, 0.5) is 17.5 Å². The fraction of sp³-hybridized carbons (Fsp3) is 0.327. The molecule has 6 heterocycles. The molecule has 0 bridgehead atoms. The summed E-state index contributed by atoms with van der Waals surface area (Å²) in [5.74, 6) is 2.66. The van der Waals surface area contributed by atoms with Gasteiger partial charge >= 0.3 is 0 Å². The second kappa shape index (κ2) is 17.9. The van der Waals surface area contributed by atoms with Crippen LogP contribution in [0, 0.1) is 20.8 Å². The molecule has 16 nitrogen and oxygen atoms in total. The number of nitrogens with zero attached hydrogens (tertiary/aromatic N) is 12. The first-order chi connectivity index (χ1) is 31.2. The van der Waals surface area contributed by atoms with Gasteiger partial charge in [-0.15, -0.1) is 5.10 Å². The van der Waals surface area contributed by atoms with E-state index in [1.165, 1.54) is 73.3 Å². The van der Waals surface area contributed by atoms with E-state index < -0.39 is 0 Å². The minimum atomic E-state index is 0. The molecule has 0 unspecified atom stereocenters. The Kier molecular flexibility index (Phi) is 11.8. The minimum absolute atomic E-state index is 0. The topological polar surface area (TPSA) is 218 Å². The lowest BCUT2D eigenvalue weighted by molar-refractivity contribution is 0.295.